The number of rotatable bonds is 5. The molecule has 0 spiro atoms. The number of allylic oxidation sites excluding steroid dienone is 3. The molecule has 0 radical (unpaired) electrons. The molecule has 2 atom stereocenters. The van der Waals surface area contributed by atoms with Gasteiger partial charge >= 0.3 is 5.97 Å². The van der Waals surface area contributed by atoms with Crippen LogP contribution in [0.3, 0.4) is 0 Å². The van der Waals surface area contributed by atoms with E-state index in [-0.39, 0.29) is 23.8 Å². The fraction of sp³-hybridized carbons (Fsp3) is 0.400. The number of carbonyl (C=O) groups is 2. The molecule has 2 aromatic rings. The van der Waals surface area contributed by atoms with E-state index in [2.05, 4.69) is 5.32 Å². The minimum atomic E-state index is -0.412. The summed E-state index contributed by atoms with van der Waals surface area (Å²) < 4.78 is 11.2. The summed E-state index contributed by atoms with van der Waals surface area (Å²) in [5, 5.41) is 3.45. The van der Waals surface area contributed by atoms with Gasteiger partial charge in [-0.15, -0.1) is 0 Å². The SMILES string of the molecule is COc1ccc([C@@H]2CC(=O)C3=C(C2)NC(C)=C(C(=O)OC2CCCC2)[C@H]3c2ccc(C)cc2)cc1. The highest BCUT2D eigenvalue weighted by Crippen LogP contribution is 2.46. The molecule has 5 heteroatoms. The van der Waals surface area contributed by atoms with Crippen molar-refractivity contribution in [3.8, 4) is 5.75 Å². The number of hydrogen-bond donors (Lipinski definition) is 1. The smallest absolute Gasteiger partial charge is 0.337 e. The van der Waals surface area contributed by atoms with Crippen LogP contribution in [0.2, 0.25) is 0 Å². The second-order valence-electron chi connectivity index (χ2n) is 10.0. The van der Waals surface area contributed by atoms with Crippen LogP contribution in [-0.4, -0.2) is 25.0 Å². The van der Waals surface area contributed by atoms with Gasteiger partial charge in [-0.3, -0.25) is 4.79 Å². The van der Waals surface area contributed by atoms with Crippen LogP contribution in [0, 0.1) is 6.92 Å². The number of Topliss-reactive ketones (excluding diaryl/α,β-unsaturated/α-hetero) is 1. The van der Waals surface area contributed by atoms with E-state index in [0.717, 1.165) is 65.9 Å². The molecule has 0 aromatic heterocycles. The molecule has 3 aliphatic rings. The standard InChI is InChI=1S/C30H33NO4/c1-18-8-10-21(11-9-18)28-27(30(33)35-24-6-4-5-7-24)19(2)31-25-16-22(17-26(32)29(25)28)20-12-14-23(34-3)15-13-20/h8-15,22,24,28,31H,4-7,16-17H2,1-3H3/t22-,28+/m0/s1. The number of carbonyl (C=O) groups excluding carboxylic acids is 2. The van der Waals surface area contributed by atoms with Crippen molar-refractivity contribution in [1.82, 2.24) is 5.32 Å². The van der Waals surface area contributed by atoms with Crippen LogP contribution in [0.1, 0.15) is 74.0 Å². The maximum Gasteiger partial charge on any atom is 0.337 e. The van der Waals surface area contributed by atoms with Gasteiger partial charge in [-0.2, -0.15) is 0 Å². The second kappa shape index (κ2) is 9.73. The number of esters is 1. The summed E-state index contributed by atoms with van der Waals surface area (Å²) in [6.07, 6.45) is 5.12. The third kappa shape index (κ3) is 4.64. The Kier molecular flexibility index (Phi) is 6.50. The second-order valence-corrected chi connectivity index (χ2v) is 10.0. The number of ether oxygens (including phenoxy) is 2. The average molecular weight is 472 g/mol. The Balaban J connectivity index is 1.51. The van der Waals surface area contributed by atoms with Gasteiger partial charge in [0.25, 0.3) is 0 Å². The maximum atomic E-state index is 13.7. The van der Waals surface area contributed by atoms with Gasteiger partial charge in [0.2, 0.25) is 0 Å². The molecule has 5 rings (SSSR count). The fourth-order valence-corrected chi connectivity index (χ4v) is 5.73. The maximum absolute atomic E-state index is 13.7. The summed E-state index contributed by atoms with van der Waals surface area (Å²) in [5.41, 5.74) is 6.19. The van der Waals surface area contributed by atoms with E-state index in [4.69, 9.17) is 9.47 Å². The number of aryl methyl sites for hydroxylation is 1. The minimum Gasteiger partial charge on any atom is -0.497 e. The summed E-state index contributed by atoms with van der Waals surface area (Å²) in [5.74, 6) is 0.256. The molecule has 0 saturated heterocycles. The summed E-state index contributed by atoms with van der Waals surface area (Å²) >= 11 is 0. The zero-order chi connectivity index (χ0) is 24.5. The van der Waals surface area contributed by atoms with Gasteiger partial charge in [0, 0.05) is 29.3 Å². The number of dihydropyridines is 1. The lowest BCUT2D eigenvalue weighted by atomic mass is 9.71. The van der Waals surface area contributed by atoms with Crippen molar-refractivity contribution in [2.24, 2.45) is 0 Å². The van der Waals surface area contributed by atoms with Crippen LogP contribution >= 0.6 is 0 Å². The van der Waals surface area contributed by atoms with Gasteiger partial charge in [-0.25, -0.2) is 4.79 Å². The highest BCUT2D eigenvalue weighted by Gasteiger charge is 2.42. The van der Waals surface area contributed by atoms with Crippen LogP contribution in [0.25, 0.3) is 0 Å². The Bertz CT molecular complexity index is 1180. The van der Waals surface area contributed by atoms with Crippen LogP contribution in [-0.2, 0) is 14.3 Å². The quantitative estimate of drug-likeness (QED) is 0.554. The molecule has 0 bridgehead atoms. The van der Waals surface area contributed by atoms with Crippen molar-refractivity contribution < 1.29 is 19.1 Å². The Labute approximate surface area is 207 Å². The molecule has 0 amide bonds. The summed E-state index contributed by atoms with van der Waals surface area (Å²) in [4.78, 5) is 27.2. The van der Waals surface area contributed by atoms with Crippen LogP contribution in [0.5, 0.6) is 5.75 Å². The first kappa shape index (κ1) is 23.4. The first-order valence-electron chi connectivity index (χ1n) is 12.6. The number of hydrogen-bond acceptors (Lipinski definition) is 5. The average Bonchev–Trinajstić information content (AvgIpc) is 3.36. The van der Waals surface area contributed by atoms with Crippen molar-refractivity contribution in [2.45, 2.75) is 70.3 Å². The molecule has 1 aliphatic heterocycles. The van der Waals surface area contributed by atoms with E-state index < -0.39 is 5.92 Å². The number of benzene rings is 2. The Hall–Kier alpha value is -3.34. The third-order valence-electron chi connectivity index (χ3n) is 7.62. The molecule has 0 unspecified atom stereocenters. The lowest BCUT2D eigenvalue weighted by Crippen LogP contribution is -2.36. The number of nitrogens with one attached hydrogen (secondary N) is 1. The molecular formula is C30H33NO4. The molecule has 1 fully saturated rings. The topological polar surface area (TPSA) is 64.6 Å². The lowest BCUT2D eigenvalue weighted by Gasteiger charge is -2.37. The van der Waals surface area contributed by atoms with Crippen LogP contribution in [0.15, 0.2) is 71.1 Å². The predicted octanol–water partition coefficient (Wildman–Crippen LogP) is 5.85. The van der Waals surface area contributed by atoms with Gasteiger partial charge in [-0.05, 0) is 75.1 Å². The Morgan fingerprint density at radius 1 is 0.914 bits per heavy atom. The fourth-order valence-electron chi connectivity index (χ4n) is 5.73. The van der Waals surface area contributed by atoms with E-state index in [9.17, 15) is 9.59 Å². The van der Waals surface area contributed by atoms with Crippen LogP contribution < -0.4 is 10.1 Å². The van der Waals surface area contributed by atoms with Gasteiger partial charge in [-0.1, -0.05) is 42.0 Å². The zero-order valence-electron chi connectivity index (χ0n) is 20.7. The van der Waals surface area contributed by atoms with E-state index in [1.807, 2.05) is 62.4 Å². The summed E-state index contributed by atoms with van der Waals surface area (Å²) in [7, 11) is 1.65. The molecule has 2 aromatic carbocycles. The Morgan fingerprint density at radius 3 is 2.23 bits per heavy atom. The van der Waals surface area contributed by atoms with Crippen molar-refractivity contribution in [3.05, 3.63) is 87.8 Å². The largest absolute Gasteiger partial charge is 0.497 e. The molecule has 1 heterocycles. The van der Waals surface area contributed by atoms with Gasteiger partial charge in [0.1, 0.15) is 11.9 Å². The van der Waals surface area contributed by atoms with Gasteiger partial charge in [0.15, 0.2) is 5.78 Å². The van der Waals surface area contributed by atoms with Crippen molar-refractivity contribution in [1.29, 1.82) is 0 Å². The molecule has 5 nitrogen and oxygen atoms in total. The number of ketones is 1. The predicted molar refractivity (Wildman–Crippen MR) is 135 cm³/mol. The highest BCUT2D eigenvalue weighted by atomic mass is 16.5. The zero-order valence-corrected chi connectivity index (χ0v) is 20.7. The first-order chi connectivity index (χ1) is 16.9. The normalized spacial score (nSPS) is 22.7. The van der Waals surface area contributed by atoms with E-state index in [1.165, 1.54) is 0 Å². The van der Waals surface area contributed by atoms with E-state index in [0.29, 0.717) is 17.6 Å². The van der Waals surface area contributed by atoms with Crippen LogP contribution in [0.4, 0.5) is 0 Å². The molecule has 2 aliphatic carbocycles. The van der Waals surface area contributed by atoms with Crippen molar-refractivity contribution >= 4 is 11.8 Å². The molecule has 1 N–H and O–H groups in total. The molecule has 182 valence electrons. The third-order valence-corrected chi connectivity index (χ3v) is 7.62. The first-order valence-corrected chi connectivity index (χ1v) is 12.6. The monoisotopic (exact) mass is 471 g/mol. The summed E-state index contributed by atoms with van der Waals surface area (Å²) in [6.45, 7) is 3.97. The van der Waals surface area contributed by atoms with E-state index >= 15 is 0 Å². The van der Waals surface area contributed by atoms with Crippen molar-refractivity contribution in [3.63, 3.8) is 0 Å². The van der Waals surface area contributed by atoms with Gasteiger partial charge in [0.05, 0.1) is 12.7 Å². The molecular weight excluding hydrogens is 438 g/mol. The minimum absolute atomic E-state index is 0.0293. The Morgan fingerprint density at radius 2 is 1.57 bits per heavy atom. The highest BCUT2D eigenvalue weighted by molar-refractivity contribution is 6.04. The summed E-state index contributed by atoms with van der Waals surface area (Å²) in [6, 6.07) is 16.1. The molecule has 1 saturated carbocycles. The van der Waals surface area contributed by atoms with Crippen molar-refractivity contribution in [2.75, 3.05) is 7.11 Å². The molecule has 35 heavy (non-hydrogen) atoms. The van der Waals surface area contributed by atoms with Gasteiger partial charge < -0.3 is 14.8 Å². The number of methoxy groups -OCH3 is 1. The lowest BCUT2D eigenvalue weighted by molar-refractivity contribution is -0.144. The van der Waals surface area contributed by atoms with E-state index in [1.54, 1.807) is 7.11 Å².